The highest BCUT2D eigenvalue weighted by atomic mass is 19.1. The van der Waals surface area contributed by atoms with Gasteiger partial charge >= 0.3 is 0 Å². The summed E-state index contributed by atoms with van der Waals surface area (Å²) in [5, 5.41) is 0. The number of nitrogens with one attached hydrogen (secondary N) is 1. The van der Waals surface area contributed by atoms with Crippen molar-refractivity contribution >= 4 is 5.91 Å². The third kappa shape index (κ3) is 3.97. The van der Waals surface area contributed by atoms with Gasteiger partial charge in [0.15, 0.2) is 0 Å². The van der Waals surface area contributed by atoms with Crippen molar-refractivity contribution < 1.29 is 13.9 Å². The number of hydrogen-bond donors (Lipinski definition) is 2. The average molecular weight is 329 g/mol. The molecule has 6 heteroatoms. The number of carbonyl (C=O) groups excluding carboxylic acids is 1. The number of nitrogen functional groups attached to an aromatic ring is 1. The molecule has 2 aromatic rings. The number of carbonyl (C=O) groups is 1. The number of halogens is 1. The van der Waals surface area contributed by atoms with Crippen molar-refractivity contribution in [3.63, 3.8) is 0 Å². The smallest absolute Gasteiger partial charge is 0.265 e. The number of morpholine rings is 1. The van der Waals surface area contributed by atoms with E-state index in [-0.39, 0.29) is 17.8 Å². The van der Waals surface area contributed by atoms with Crippen molar-refractivity contribution in [1.29, 1.82) is 0 Å². The third-order valence-corrected chi connectivity index (χ3v) is 4.12. The van der Waals surface area contributed by atoms with Crippen LogP contribution in [0.5, 0.6) is 0 Å². The molecule has 3 rings (SSSR count). The second kappa shape index (κ2) is 7.53. The first-order valence-corrected chi connectivity index (χ1v) is 7.85. The predicted molar refractivity (Wildman–Crippen MR) is 88.5 cm³/mol. The third-order valence-electron chi connectivity index (χ3n) is 4.12. The molecular formula is C18H20FN3O2. The molecule has 1 unspecified atom stereocenters. The fourth-order valence-corrected chi connectivity index (χ4v) is 2.86. The van der Waals surface area contributed by atoms with Gasteiger partial charge in [0.25, 0.3) is 5.91 Å². The van der Waals surface area contributed by atoms with Crippen LogP contribution in [-0.2, 0) is 11.3 Å². The van der Waals surface area contributed by atoms with Gasteiger partial charge in [-0.1, -0.05) is 24.3 Å². The number of nitrogens with zero attached hydrogens (tertiary/aromatic N) is 1. The quantitative estimate of drug-likeness (QED) is 0.511. The first-order valence-electron chi connectivity index (χ1n) is 7.85. The molecule has 24 heavy (non-hydrogen) atoms. The van der Waals surface area contributed by atoms with Gasteiger partial charge < -0.3 is 4.74 Å². The highest BCUT2D eigenvalue weighted by Gasteiger charge is 2.22. The molecule has 1 aliphatic heterocycles. The fraction of sp³-hybridized carbons (Fsp3) is 0.278. The molecule has 5 nitrogen and oxygen atoms in total. The Bertz CT molecular complexity index is 706. The molecule has 0 radical (unpaired) electrons. The molecule has 1 heterocycles. The van der Waals surface area contributed by atoms with Crippen molar-refractivity contribution in [2.75, 3.05) is 19.7 Å². The zero-order chi connectivity index (χ0) is 16.9. The molecule has 3 N–H and O–H groups in total. The van der Waals surface area contributed by atoms with Gasteiger partial charge in [0.1, 0.15) is 5.82 Å². The lowest BCUT2D eigenvalue weighted by molar-refractivity contribution is -0.0330. The van der Waals surface area contributed by atoms with Crippen LogP contribution in [0.15, 0.2) is 48.5 Å². The summed E-state index contributed by atoms with van der Waals surface area (Å²) < 4.78 is 19.2. The van der Waals surface area contributed by atoms with Gasteiger partial charge in [-0.3, -0.25) is 15.1 Å². The summed E-state index contributed by atoms with van der Waals surface area (Å²) in [5.74, 6) is 4.57. The highest BCUT2D eigenvalue weighted by Crippen LogP contribution is 2.23. The highest BCUT2D eigenvalue weighted by molar-refractivity contribution is 5.93. The molecular weight excluding hydrogens is 309 g/mol. The number of hydrogen-bond acceptors (Lipinski definition) is 4. The molecule has 2 aromatic carbocycles. The Morgan fingerprint density at radius 1 is 1.29 bits per heavy atom. The summed E-state index contributed by atoms with van der Waals surface area (Å²) in [7, 11) is 0. The number of ether oxygens (including phenoxy) is 1. The van der Waals surface area contributed by atoms with Crippen LogP contribution >= 0.6 is 0 Å². The molecule has 0 saturated carbocycles. The van der Waals surface area contributed by atoms with Gasteiger partial charge in [-0.15, -0.1) is 0 Å². The SMILES string of the molecule is NNC(=O)c1ccc(CN2CCOC(c3cccc(F)c3)C2)cc1. The molecule has 1 amide bonds. The maximum atomic E-state index is 13.4. The molecule has 1 fully saturated rings. The van der Waals surface area contributed by atoms with Crippen LogP contribution < -0.4 is 11.3 Å². The Morgan fingerprint density at radius 3 is 2.79 bits per heavy atom. The van der Waals surface area contributed by atoms with Crippen molar-refractivity contribution in [1.82, 2.24) is 10.3 Å². The fourth-order valence-electron chi connectivity index (χ4n) is 2.86. The van der Waals surface area contributed by atoms with E-state index in [1.807, 2.05) is 18.2 Å². The van der Waals surface area contributed by atoms with E-state index in [1.165, 1.54) is 12.1 Å². The van der Waals surface area contributed by atoms with Crippen LogP contribution in [0, 0.1) is 5.82 Å². The standard InChI is InChI=1S/C18H20FN3O2/c19-16-3-1-2-15(10-16)17-12-22(8-9-24-17)11-13-4-6-14(7-5-13)18(23)21-20/h1-7,10,17H,8-9,11-12,20H2,(H,21,23). The summed E-state index contributed by atoms with van der Waals surface area (Å²) >= 11 is 0. The van der Waals surface area contributed by atoms with E-state index < -0.39 is 0 Å². The molecule has 0 bridgehead atoms. The van der Waals surface area contributed by atoms with Gasteiger partial charge in [-0.25, -0.2) is 10.2 Å². The summed E-state index contributed by atoms with van der Waals surface area (Å²) in [6.45, 7) is 2.87. The van der Waals surface area contributed by atoms with Crippen molar-refractivity contribution in [2.45, 2.75) is 12.6 Å². The summed E-state index contributed by atoms with van der Waals surface area (Å²) in [6, 6.07) is 13.9. The minimum Gasteiger partial charge on any atom is -0.371 e. The van der Waals surface area contributed by atoms with Crippen LogP contribution in [-0.4, -0.2) is 30.5 Å². The maximum Gasteiger partial charge on any atom is 0.265 e. The van der Waals surface area contributed by atoms with Gasteiger partial charge in [0.2, 0.25) is 0 Å². The van der Waals surface area contributed by atoms with Crippen LogP contribution in [0.25, 0.3) is 0 Å². The van der Waals surface area contributed by atoms with Crippen LogP contribution in [0.2, 0.25) is 0 Å². The molecule has 0 aromatic heterocycles. The Morgan fingerprint density at radius 2 is 2.08 bits per heavy atom. The van der Waals surface area contributed by atoms with Gasteiger partial charge in [-0.2, -0.15) is 0 Å². The van der Waals surface area contributed by atoms with E-state index >= 15 is 0 Å². The Balaban J connectivity index is 1.64. The minimum atomic E-state index is -0.306. The first kappa shape index (κ1) is 16.6. The van der Waals surface area contributed by atoms with E-state index in [9.17, 15) is 9.18 Å². The van der Waals surface area contributed by atoms with E-state index in [1.54, 1.807) is 18.2 Å². The van der Waals surface area contributed by atoms with Crippen molar-refractivity contribution in [3.8, 4) is 0 Å². The second-order valence-electron chi connectivity index (χ2n) is 5.82. The number of rotatable bonds is 4. The number of benzene rings is 2. The van der Waals surface area contributed by atoms with E-state index in [0.717, 1.165) is 24.2 Å². The van der Waals surface area contributed by atoms with Gasteiger partial charge in [-0.05, 0) is 35.4 Å². The molecule has 126 valence electrons. The summed E-state index contributed by atoms with van der Waals surface area (Å²) in [6.07, 6.45) is -0.128. The Hall–Kier alpha value is -2.28. The topological polar surface area (TPSA) is 67.6 Å². The lowest BCUT2D eigenvalue weighted by atomic mass is 10.1. The van der Waals surface area contributed by atoms with Gasteiger partial charge in [0, 0.05) is 25.2 Å². The van der Waals surface area contributed by atoms with E-state index in [2.05, 4.69) is 10.3 Å². The second-order valence-corrected chi connectivity index (χ2v) is 5.82. The molecule has 0 aliphatic carbocycles. The molecule has 1 saturated heterocycles. The van der Waals surface area contributed by atoms with Crippen LogP contribution in [0.1, 0.15) is 27.6 Å². The maximum absolute atomic E-state index is 13.4. The largest absolute Gasteiger partial charge is 0.371 e. The molecule has 1 atom stereocenters. The molecule has 0 spiro atoms. The molecule has 1 aliphatic rings. The Labute approximate surface area is 140 Å². The average Bonchev–Trinajstić information content (AvgIpc) is 2.62. The lowest BCUT2D eigenvalue weighted by Gasteiger charge is -2.33. The van der Waals surface area contributed by atoms with Gasteiger partial charge in [0.05, 0.1) is 12.7 Å². The summed E-state index contributed by atoms with van der Waals surface area (Å²) in [4.78, 5) is 13.7. The number of hydrazine groups is 1. The minimum absolute atomic E-state index is 0.128. The normalized spacial score (nSPS) is 18.3. The zero-order valence-electron chi connectivity index (χ0n) is 13.2. The van der Waals surface area contributed by atoms with Crippen LogP contribution in [0.4, 0.5) is 4.39 Å². The lowest BCUT2D eigenvalue weighted by Crippen LogP contribution is -2.37. The van der Waals surface area contributed by atoms with Crippen molar-refractivity contribution in [2.24, 2.45) is 5.84 Å². The Kier molecular flexibility index (Phi) is 5.20. The summed E-state index contributed by atoms with van der Waals surface area (Å²) in [5.41, 5.74) is 4.60. The van der Waals surface area contributed by atoms with Crippen LogP contribution in [0.3, 0.4) is 0 Å². The van der Waals surface area contributed by atoms with Crippen molar-refractivity contribution in [3.05, 3.63) is 71.0 Å². The number of nitrogens with two attached hydrogens (primary N) is 1. The first-order chi connectivity index (χ1) is 11.7. The van der Waals surface area contributed by atoms with E-state index in [0.29, 0.717) is 18.7 Å². The zero-order valence-corrected chi connectivity index (χ0v) is 13.2. The number of amides is 1. The van der Waals surface area contributed by atoms with E-state index in [4.69, 9.17) is 10.6 Å². The monoisotopic (exact) mass is 329 g/mol. The predicted octanol–water partition coefficient (Wildman–Crippen LogP) is 2.00.